The van der Waals surface area contributed by atoms with Crippen LogP contribution in [0.5, 0.6) is 0 Å². The highest BCUT2D eigenvalue weighted by atomic mass is 32.2. The number of rotatable bonds is 14. The van der Waals surface area contributed by atoms with Gasteiger partial charge in [-0.15, -0.1) is 11.8 Å². The fourth-order valence-corrected chi connectivity index (χ4v) is 8.36. The molecule has 4 heterocycles. The van der Waals surface area contributed by atoms with Crippen LogP contribution in [0.25, 0.3) is 17.2 Å². The summed E-state index contributed by atoms with van der Waals surface area (Å²) in [6.07, 6.45) is 11.2. The molecule has 5 aromatic rings. The lowest BCUT2D eigenvalue weighted by molar-refractivity contribution is -0.135. The van der Waals surface area contributed by atoms with E-state index in [1.54, 1.807) is 51.9 Å². The van der Waals surface area contributed by atoms with Gasteiger partial charge in [0.15, 0.2) is 5.13 Å². The Morgan fingerprint density at radius 1 is 1.07 bits per heavy atom. The molecule has 0 saturated carbocycles. The average Bonchev–Trinajstić information content (AvgIpc) is 4.01. The lowest BCUT2D eigenvalue weighted by Gasteiger charge is -2.31. The number of nitrogens with zero attached hydrogens (tertiary/aromatic N) is 7. The molecule has 0 radical (unpaired) electrons. The van der Waals surface area contributed by atoms with Crippen molar-refractivity contribution in [2.24, 2.45) is 5.92 Å². The minimum Gasteiger partial charge on any atom is -0.444 e. The highest BCUT2D eigenvalue weighted by molar-refractivity contribution is 8.00. The number of amides is 3. The van der Waals surface area contributed by atoms with Crippen molar-refractivity contribution in [2.75, 3.05) is 25.5 Å². The number of oxazole rings is 1. The van der Waals surface area contributed by atoms with Crippen LogP contribution in [0.2, 0.25) is 0 Å². The molecule has 0 aliphatic carbocycles. The first-order valence-electron chi connectivity index (χ1n) is 19.2. The number of carbonyl (C=O) groups is 3. The first kappa shape index (κ1) is 42.0. The number of hydrogen-bond acceptors (Lipinski definition) is 10. The molecule has 12 nitrogen and oxygen atoms in total. The van der Waals surface area contributed by atoms with Crippen molar-refractivity contribution >= 4 is 52.0 Å². The highest BCUT2D eigenvalue weighted by Crippen LogP contribution is 2.33. The third kappa shape index (κ3) is 10.7. The summed E-state index contributed by atoms with van der Waals surface area (Å²) in [6.45, 7) is 9.31. The third-order valence-corrected chi connectivity index (χ3v) is 12.1. The molecule has 6 rings (SSSR count). The van der Waals surface area contributed by atoms with E-state index in [1.807, 2.05) is 43.5 Å². The number of likely N-dealkylation sites (tertiary alicyclic amines) is 1. The van der Waals surface area contributed by atoms with Crippen molar-refractivity contribution in [1.29, 1.82) is 5.26 Å². The largest absolute Gasteiger partial charge is 0.444 e. The van der Waals surface area contributed by atoms with E-state index < -0.39 is 11.7 Å². The summed E-state index contributed by atoms with van der Waals surface area (Å²) in [7, 11) is 1.69. The second kappa shape index (κ2) is 18.8. The molecule has 3 amide bonds. The van der Waals surface area contributed by atoms with E-state index in [0.717, 1.165) is 33.1 Å². The SMILES string of the molecule is CCCC(c1ccc(-c2cnn(CC(=O)N3CCC(C(=O)Nc4ncc(SCc5ncc(C(C)(C)C)o5)s4)CC3)c2)cc1)N(C)C(=O)/C(C#N)=C/c1ccc(F)cc1. The van der Waals surface area contributed by atoms with Crippen LogP contribution in [0.15, 0.2) is 87.5 Å². The Kier molecular flexibility index (Phi) is 13.6. The maximum Gasteiger partial charge on any atom is 0.264 e. The van der Waals surface area contributed by atoms with E-state index in [1.165, 1.54) is 41.7 Å². The monoisotopic (exact) mass is 822 g/mol. The van der Waals surface area contributed by atoms with Crippen LogP contribution >= 0.6 is 23.1 Å². The Morgan fingerprint density at radius 2 is 1.79 bits per heavy atom. The number of halogens is 1. The zero-order valence-corrected chi connectivity index (χ0v) is 34.9. The fraction of sp³-hybridized carbons (Fsp3) is 0.372. The van der Waals surface area contributed by atoms with E-state index in [2.05, 4.69) is 41.2 Å². The molecule has 1 N–H and O–H groups in total. The van der Waals surface area contributed by atoms with Gasteiger partial charge < -0.3 is 19.5 Å². The number of anilines is 1. The Hall–Kier alpha value is -5.59. The highest BCUT2D eigenvalue weighted by Gasteiger charge is 2.29. The lowest BCUT2D eigenvalue weighted by atomic mass is 9.94. The van der Waals surface area contributed by atoms with Gasteiger partial charge >= 0.3 is 0 Å². The number of benzene rings is 2. The van der Waals surface area contributed by atoms with Crippen molar-refractivity contribution in [3.63, 3.8) is 0 Å². The number of likely N-dealkylation sites (N-methyl/N-ethyl adjacent to an activating group) is 1. The fourth-order valence-electron chi connectivity index (χ4n) is 6.63. The van der Waals surface area contributed by atoms with Gasteiger partial charge in [-0.25, -0.2) is 14.4 Å². The van der Waals surface area contributed by atoms with Crippen molar-refractivity contribution in [2.45, 2.75) is 81.3 Å². The molecule has 1 aliphatic rings. The molecular formula is C43H47FN8O4S2. The summed E-state index contributed by atoms with van der Waals surface area (Å²) in [4.78, 5) is 51.9. The molecule has 58 heavy (non-hydrogen) atoms. The third-order valence-electron chi connectivity index (χ3n) is 10.0. The summed E-state index contributed by atoms with van der Waals surface area (Å²) in [5.74, 6) is 0.887. The first-order chi connectivity index (χ1) is 27.8. The van der Waals surface area contributed by atoms with Gasteiger partial charge in [0.1, 0.15) is 29.8 Å². The Labute approximate surface area is 346 Å². The zero-order valence-electron chi connectivity index (χ0n) is 33.3. The van der Waals surface area contributed by atoms with Gasteiger partial charge in [-0.2, -0.15) is 10.4 Å². The Bertz CT molecular complexity index is 2280. The van der Waals surface area contributed by atoms with Crippen LogP contribution in [-0.2, 0) is 32.1 Å². The number of hydrogen-bond donors (Lipinski definition) is 1. The molecule has 1 unspecified atom stereocenters. The van der Waals surface area contributed by atoms with Crippen LogP contribution in [-0.4, -0.2) is 67.4 Å². The first-order valence-corrected chi connectivity index (χ1v) is 21.0. The number of thioether (sulfide) groups is 1. The zero-order chi connectivity index (χ0) is 41.4. The summed E-state index contributed by atoms with van der Waals surface area (Å²) < 4.78 is 21.8. The molecular weight excluding hydrogens is 776 g/mol. The van der Waals surface area contributed by atoms with Crippen LogP contribution in [0.3, 0.4) is 0 Å². The molecule has 1 saturated heterocycles. The average molecular weight is 823 g/mol. The van der Waals surface area contributed by atoms with E-state index in [0.29, 0.717) is 54.7 Å². The van der Waals surface area contributed by atoms with Crippen molar-refractivity contribution in [3.05, 3.63) is 107 Å². The molecule has 1 fully saturated rings. The van der Waals surface area contributed by atoms with Crippen LogP contribution in [0.4, 0.5) is 9.52 Å². The van der Waals surface area contributed by atoms with Crippen molar-refractivity contribution in [1.82, 2.24) is 29.5 Å². The van der Waals surface area contributed by atoms with E-state index >= 15 is 0 Å². The van der Waals surface area contributed by atoms with Crippen molar-refractivity contribution < 1.29 is 23.2 Å². The maximum atomic E-state index is 13.4. The van der Waals surface area contributed by atoms with E-state index in [-0.39, 0.29) is 41.3 Å². The standard InChI is InChI=1S/C43H47FN8O4S2/c1-6-7-35(50(5)41(55)32(21-45)20-28-8-14-34(44)15-9-28)30-12-10-29(11-13-30)33-22-48-52(25-33)26-38(53)51-18-16-31(17-19-51)40(54)49-42-47-24-39(58-42)57-27-37-46-23-36(56-37)43(2,3)4/h8-15,20,22-25,31,35H,6-7,16-19,26-27H2,1-5H3,(H,47,49,54)/b32-20+. The molecule has 15 heteroatoms. The number of aromatic nitrogens is 4. The summed E-state index contributed by atoms with van der Waals surface area (Å²) in [5, 5.41) is 17.7. The molecule has 302 valence electrons. The number of carbonyl (C=O) groups excluding carboxylic acids is 3. The van der Waals surface area contributed by atoms with Gasteiger partial charge in [0, 0.05) is 43.2 Å². The molecule has 3 aromatic heterocycles. The van der Waals surface area contributed by atoms with Gasteiger partial charge in [-0.1, -0.05) is 81.9 Å². The number of nitriles is 1. The van der Waals surface area contributed by atoms with Crippen LogP contribution in [0.1, 0.15) is 82.2 Å². The second-order valence-electron chi connectivity index (χ2n) is 15.3. The summed E-state index contributed by atoms with van der Waals surface area (Å²) in [5.41, 5.74) is 3.10. The van der Waals surface area contributed by atoms with Crippen LogP contribution in [0, 0.1) is 23.1 Å². The normalized spacial score (nSPS) is 14.2. The number of piperidine rings is 1. The van der Waals surface area contributed by atoms with Gasteiger partial charge in [-0.3, -0.25) is 19.1 Å². The molecule has 0 spiro atoms. The van der Waals surface area contributed by atoms with E-state index in [4.69, 9.17) is 4.42 Å². The Morgan fingerprint density at radius 3 is 2.45 bits per heavy atom. The predicted octanol–water partition coefficient (Wildman–Crippen LogP) is 8.51. The van der Waals surface area contributed by atoms with Crippen LogP contribution < -0.4 is 5.32 Å². The van der Waals surface area contributed by atoms with Gasteiger partial charge in [0.05, 0.1) is 34.6 Å². The predicted molar refractivity (Wildman–Crippen MR) is 223 cm³/mol. The lowest BCUT2D eigenvalue weighted by Crippen LogP contribution is -2.42. The summed E-state index contributed by atoms with van der Waals surface area (Å²) in [6, 6.07) is 15.2. The minimum absolute atomic E-state index is 0.0326. The number of thiazole rings is 1. The maximum absolute atomic E-state index is 13.4. The second-order valence-corrected chi connectivity index (χ2v) is 17.6. The van der Waals surface area contributed by atoms with Crippen molar-refractivity contribution in [3.8, 4) is 17.2 Å². The molecule has 1 atom stereocenters. The molecule has 0 bridgehead atoms. The van der Waals surface area contributed by atoms with Gasteiger partial charge in [0.25, 0.3) is 5.91 Å². The van der Waals surface area contributed by atoms with Gasteiger partial charge in [-0.05, 0) is 54.2 Å². The Balaban J connectivity index is 0.976. The molecule has 2 aromatic carbocycles. The van der Waals surface area contributed by atoms with E-state index in [9.17, 15) is 24.0 Å². The smallest absolute Gasteiger partial charge is 0.264 e. The summed E-state index contributed by atoms with van der Waals surface area (Å²) >= 11 is 2.97. The topological polar surface area (TPSA) is 150 Å². The quantitative estimate of drug-likeness (QED) is 0.0661. The number of nitrogens with one attached hydrogen (secondary N) is 1. The van der Waals surface area contributed by atoms with Gasteiger partial charge in [0.2, 0.25) is 17.7 Å². The molecule has 1 aliphatic heterocycles. The minimum atomic E-state index is -0.414.